The van der Waals surface area contributed by atoms with Crippen LogP contribution in [0.3, 0.4) is 0 Å². The van der Waals surface area contributed by atoms with Gasteiger partial charge in [0.2, 0.25) is 0 Å². The Hall–Kier alpha value is -3.46. The molecule has 2 aromatic carbocycles. The number of nitrogens with one attached hydrogen (secondary N) is 1. The number of methoxy groups -OCH3 is 1. The summed E-state index contributed by atoms with van der Waals surface area (Å²) in [5.41, 5.74) is 0.849. The van der Waals surface area contributed by atoms with Crippen molar-refractivity contribution in [3.8, 4) is 22.8 Å². The number of fused-ring (bicyclic) bond motifs is 1. The number of sulfone groups is 1. The summed E-state index contributed by atoms with van der Waals surface area (Å²) in [6, 6.07) is 15.9. The Morgan fingerprint density at radius 2 is 1.71 bits per heavy atom. The topological polar surface area (TPSA) is 107 Å². The highest BCUT2D eigenvalue weighted by Gasteiger charge is 2.24. The molecule has 0 saturated carbocycles. The summed E-state index contributed by atoms with van der Waals surface area (Å²) < 4.78 is 30.9. The van der Waals surface area contributed by atoms with E-state index in [9.17, 15) is 13.2 Å². The van der Waals surface area contributed by atoms with Crippen LogP contribution in [0.2, 0.25) is 0 Å². The van der Waals surface area contributed by atoms with Crippen LogP contribution in [0.1, 0.15) is 0 Å². The molecule has 142 valence electrons. The van der Waals surface area contributed by atoms with E-state index in [4.69, 9.17) is 4.74 Å². The van der Waals surface area contributed by atoms with Crippen molar-refractivity contribution < 1.29 is 13.2 Å². The Labute approximate surface area is 160 Å². The molecule has 2 heterocycles. The fourth-order valence-corrected chi connectivity index (χ4v) is 3.67. The van der Waals surface area contributed by atoms with Gasteiger partial charge in [0.15, 0.2) is 20.5 Å². The van der Waals surface area contributed by atoms with Crippen molar-refractivity contribution in [2.24, 2.45) is 0 Å². The van der Waals surface area contributed by atoms with E-state index in [0.29, 0.717) is 22.8 Å². The molecule has 4 rings (SSSR count). The smallest absolute Gasteiger partial charge is 0.263 e. The third-order valence-corrected chi connectivity index (χ3v) is 5.21. The number of benzene rings is 2. The molecule has 0 aliphatic carbocycles. The molecule has 8 nitrogen and oxygen atoms in total. The van der Waals surface area contributed by atoms with Crippen LogP contribution in [-0.2, 0) is 9.84 Å². The molecule has 2 aromatic heterocycles. The minimum atomic E-state index is -3.73. The van der Waals surface area contributed by atoms with Gasteiger partial charge in [-0.1, -0.05) is 18.2 Å². The first-order valence-corrected chi connectivity index (χ1v) is 10.2. The third-order valence-electron chi connectivity index (χ3n) is 4.22. The summed E-state index contributed by atoms with van der Waals surface area (Å²) in [7, 11) is -2.17. The van der Waals surface area contributed by atoms with E-state index >= 15 is 0 Å². The highest BCUT2D eigenvalue weighted by Crippen LogP contribution is 2.24. The normalized spacial score (nSPS) is 11.6. The molecule has 1 N–H and O–H groups in total. The van der Waals surface area contributed by atoms with E-state index in [1.54, 1.807) is 55.6 Å². The summed E-state index contributed by atoms with van der Waals surface area (Å²) in [5.74, 6) is 0.971. The van der Waals surface area contributed by atoms with Gasteiger partial charge in [-0.05, 0) is 36.4 Å². The maximum atomic E-state index is 12.8. The number of rotatable bonds is 4. The van der Waals surface area contributed by atoms with Gasteiger partial charge >= 0.3 is 0 Å². The number of nitrogens with zero attached hydrogens (tertiary/aromatic N) is 3. The van der Waals surface area contributed by atoms with Gasteiger partial charge in [0.1, 0.15) is 17.0 Å². The van der Waals surface area contributed by atoms with Gasteiger partial charge < -0.3 is 9.72 Å². The zero-order chi connectivity index (χ0) is 19.9. The number of aromatic nitrogens is 4. The quantitative estimate of drug-likeness (QED) is 0.567. The maximum Gasteiger partial charge on any atom is 0.263 e. The lowest BCUT2D eigenvalue weighted by Crippen LogP contribution is -2.12. The lowest BCUT2D eigenvalue weighted by atomic mass is 10.2. The van der Waals surface area contributed by atoms with Crippen LogP contribution in [0.5, 0.6) is 5.75 Å². The highest BCUT2D eigenvalue weighted by atomic mass is 32.2. The van der Waals surface area contributed by atoms with Crippen LogP contribution >= 0.6 is 0 Å². The average molecular weight is 396 g/mol. The predicted molar refractivity (Wildman–Crippen MR) is 105 cm³/mol. The Kier molecular flexibility index (Phi) is 4.23. The van der Waals surface area contributed by atoms with Crippen molar-refractivity contribution >= 4 is 20.9 Å². The fraction of sp³-hybridized carbons (Fsp3) is 0.105. The van der Waals surface area contributed by atoms with Crippen molar-refractivity contribution in [3.63, 3.8) is 0 Å². The Balaban J connectivity index is 2.03. The Bertz CT molecular complexity index is 1320. The van der Waals surface area contributed by atoms with Gasteiger partial charge in [0.05, 0.1) is 12.8 Å². The van der Waals surface area contributed by atoms with Crippen molar-refractivity contribution in [2.45, 2.75) is 5.03 Å². The van der Waals surface area contributed by atoms with Crippen LogP contribution in [0, 0.1) is 0 Å². The second-order valence-electron chi connectivity index (χ2n) is 6.17. The molecule has 0 saturated heterocycles. The molecule has 0 aliphatic heterocycles. The van der Waals surface area contributed by atoms with E-state index in [0.717, 1.165) is 6.26 Å². The van der Waals surface area contributed by atoms with Gasteiger partial charge in [-0.2, -0.15) is 5.10 Å². The predicted octanol–water partition coefficient (Wildman–Crippen LogP) is 2.19. The summed E-state index contributed by atoms with van der Waals surface area (Å²) in [6.45, 7) is 0. The zero-order valence-electron chi connectivity index (χ0n) is 15.1. The monoisotopic (exact) mass is 396 g/mol. The second-order valence-corrected chi connectivity index (χ2v) is 8.10. The number of aromatic amines is 1. The summed E-state index contributed by atoms with van der Waals surface area (Å²) in [6.07, 6.45) is 1.01. The van der Waals surface area contributed by atoms with Gasteiger partial charge in [0, 0.05) is 11.8 Å². The standard InChI is InChI=1S/C19H16N4O4S/c1-27-14-10-8-12(9-11-14)16-20-17-15(18(24)21-16)19(28(2,25)26)22-23(17)13-6-4-3-5-7-13/h3-11H,1-2H3,(H,20,21,24). The summed E-state index contributed by atoms with van der Waals surface area (Å²) in [5, 5.41) is 3.81. The molecular weight excluding hydrogens is 380 g/mol. The molecule has 4 aromatic rings. The van der Waals surface area contributed by atoms with Crippen molar-refractivity contribution in [1.29, 1.82) is 0 Å². The molecule has 0 fully saturated rings. The summed E-state index contributed by atoms with van der Waals surface area (Å²) >= 11 is 0. The lowest BCUT2D eigenvalue weighted by Gasteiger charge is -2.05. The van der Waals surface area contributed by atoms with Crippen molar-refractivity contribution in [2.75, 3.05) is 13.4 Å². The molecule has 0 radical (unpaired) electrons. The molecule has 0 spiro atoms. The molecule has 0 amide bonds. The second kappa shape index (κ2) is 6.61. The van der Waals surface area contributed by atoms with Crippen LogP contribution < -0.4 is 10.3 Å². The number of H-pyrrole nitrogens is 1. The Morgan fingerprint density at radius 3 is 2.32 bits per heavy atom. The number of para-hydroxylation sites is 1. The molecule has 0 bridgehead atoms. The van der Waals surface area contributed by atoms with Crippen LogP contribution in [0.15, 0.2) is 64.4 Å². The fourth-order valence-electron chi connectivity index (χ4n) is 2.89. The number of ether oxygens (including phenoxy) is 1. The van der Waals surface area contributed by atoms with E-state index in [1.807, 2.05) is 6.07 Å². The van der Waals surface area contributed by atoms with E-state index < -0.39 is 15.4 Å². The molecule has 0 atom stereocenters. The van der Waals surface area contributed by atoms with E-state index in [-0.39, 0.29) is 16.1 Å². The molecule has 0 aliphatic rings. The Morgan fingerprint density at radius 1 is 1.04 bits per heavy atom. The minimum Gasteiger partial charge on any atom is -0.497 e. The molecule has 28 heavy (non-hydrogen) atoms. The van der Waals surface area contributed by atoms with Crippen LogP contribution in [-0.4, -0.2) is 41.5 Å². The van der Waals surface area contributed by atoms with Crippen molar-refractivity contribution in [1.82, 2.24) is 19.7 Å². The zero-order valence-corrected chi connectivity index (χ0v) is 15.9. The molecular formula is C19H16N4O4S. The van der Waals surface area contributed by atoms with Gasteiger partial charge in [-0.15, -0.1) is 0 Å². The van der Waals surface area contributed by atoms with E-state index in [1.165, 1.54) is 4.68 Å². The van der Waals surface area contributed by atoms with Gasteiger partial charge in [-0.3, -0.25) is 4.79 Å². The van der Waals surface area contributed by atoms with Gasteiger partial charge in [0.25, 0.3) is 5.56 Å². The lowest BCUT2D eigenvalue weighted by molar-refractivity contribution is 0.415. The van der Waals surface area contributed by atoms with E-state index in [2.05, 4.69) is 15.1 Å². The molecule has 0 unspecified atom stereocenters. The average Bonchev–Trinajstić information content (AvgIpc) is 3.09. The maximum absolute atomic E-state index is 12.8. The first kappa shape index (κ1) is 17.9. The summed E-state index contributed by atoms with van der Waals surface area (Å²) in [4.78, 5) is 19.9. The number of hydrogen-bond acceptors (Lipinski definition) is 6. The van der Waals surface area contributed by atoms with Crippen LogP contribution in [0.4, 0.5) is 0 Å². The SMILES string of the molecule is COc1ccc(-c2nc3c(c(S(C)(=O)=O)nn3-c3ccccc3)c(=O)[nH]2)cc1. The first-order valence-electron chi connectivity index (χ1n) is 8.31. The van der Waals surface area contributed by atoms with Crippen LogP contribution in [0.25, 0.3) is 28.1 Å². The first-order chi connectivity index (χ1) is 13.4. The van der Waals surface area contributed by atoms with Gasteiger partial charge in [-0.25, -0.2) is 18.1 Å². The van der Waals surface area contributed by atoms with Crippen molar-refractivity contribution in [3.05, 3.63) is 65.0 Å². The molecule has 9 heteroatoms. The number of hydrogen-bond donors (Lipinski definition) is 1. The third kappa shape index (κ3) is 3.05. The highest BCUT2D eigenvalue weighted by molar-refractivity contribution is 7.90. The minimum absolute atomic E-state index is 0.0661. The largest absolute Gasteiger partial charge is 0.497 e.